The second-order valence-electron chi connectivity index (χ2n) is 10.9. The van der Waals surface area contributed by atoms with Gasteiger partial charge in [-0.1, -0.05) is 0 Å². The third-order valence-electron chi connectivity index (χ3n) is 8.65. The second-order valence-corrected chi connectivity index (χ2v) is 18.6. The molecule has 0 fully saturated rings. The molecule has 42 heavy (non-hydrogen) atoms. The number of hydrogen-bond acceptors (Lipinski definition) is 3. The van der Waals surface area contributed by atoms with Crippen molar-refractivity contribution in [3.05, 3.63) is 146 Å². The molecule has 6 aromatic rings. The summed E-state index contributed by atoms with van der Waals surface area (Å²) in [5.74, 6) is 0. The van der Waals surface area contributed by atoms with E-state index in [-0.39, 0.29) is 0 Å². The molecule has 3 aliphatic heterocycles. The number of halogens is 2. The molecule has 0 unspecified atom stereocenters. The monoisotopic (exact) mass is 599 g/mol. The molecule has 9 rings (SSSR count). The Morgan fingerprint density at radius 1 is 0.310 bits per heavy atom. The summed E-state index contributed by atoms with van der Waals surface area (Å²) in [6.07, 6.45) is 0. The first kappa shape index (κ1) is 24.3. The minimum absolute atomic E-state index is 0.993. The van der Waals surface area contributed by atoms with Crippen molar-refractivity contribution in [2.45, 2.75) is 0 Å². The fourth-order valence-electron chi connectivity index (χ4n) is 7.14. The van der Waals surface area contributed by atoms with Crippen LogP contribution in [0.25, 0.3) is 0 Å². The normalized spacial score (nSPS) is 17.2. The summed E-state index contributed by atoms with van der Waals surface area (Å²) in [5, 5.41) is -1.06. The molecule has 0 N–H and O–H groups in total. The molecule has 0 saturated carbocycles. The third-order valence-corrected chi connectivity index (χ3v) is 15.4. The summed E-state index contributed by atoms with van der Waals surface area (Å²) in [6, 6.07) is 50.9. The summed E-state index contributed by atoms with van der Waals surface area (Å²) >= 11 is 16.8. The van der Waals surface area contributed by atoms with Crippen LogP contribution in [-0.2, 0) is 0 Å². The summed E-state index contributed by atoms with van der Waals surface area (Å²) in [4.78, 5) is 7.00. The maximum absolute atomic E-state index is 8.38. The first-order chi connectivity index (χ1) is 20.6. The van der Waals surface area contributed by atoms with Crippen LogP contribution in [0.1, 0.15) is 0 Å². The van der Waals surface area contributed by atoms with Crippen molar-refractivity contribution in [3.8, 4) is 0 Å². The fraction of sp³-hybridized carbons (Fsp3) is 0. The molecule has 0 radical (unpaired) electrons. The van der Waals surface area contributed by atoms with E-state index in [2.05, 4.69) is 142 Å². The van der Waals surface area contributed by atoms with Gasteiger partial charge in [-0.3, -0.25) is 0 Å². The van der Waals surface area contributed by atoms with E-state index >= 15 is 0 Å². The van der Waals surface area contributed by atoms with Crippen LogP contribution in [0.4, 0.5) is 51.2 Å². The molecule has 0 bridgehead atoms. The van der Waals surface area contributed by atoms with E-state index in [9.17, 15) is 0 Å². The van der Waals surface area contributed by atoms with Gasteiger partial charge in [-0.25, -0.2) is 0 Å². The van der Waals surface area contributed by atoms with Crippen molar-refractivity contribution in [1.29, 1.82) is 0 Å². The molecule has 3 heterocycles. The molecule has 6 heteroatoms. The Balaban J connectivity index is 1.50. The van der Waals surface area contributed by atoms with E-state index in [1.54, 1.807) is 0 Å². The Bertz CT molecular complexity index is 1750. The molecule has 0 saturated heterocycles. The first-order valence-electron chi connectivity index (χ1n) is 14.0. The Morgan fingerprint density at radius 3 is 0.786 bits per heavy atom. The van der Waals surface area contributed by atoms with Crippen molar-refractivity contribution < 1.29 is 0 Å². The van der Waals surface area contributed by atoms with Crippen LogP contribution in [-0.4, -0.2) is 0 Å². The van der Waals surface area contributed by atoms with Gasteiger partial charge in [0.15, 0.2) is 0 Å². The van der Waals surface area contributed by atoms with E-state index in [4.69, 9.17) is 22.5 Å². The van der Waals surface area contributed by atoms with Crippen molar-refractivity contribution >= 4 is 94.9 Å². The van der Waals surface area contributed by atoms with Crippen LogP contribution in [0, 0.1) is 0 Å². The van der Waals surface area contributed by atoms with Crippen molar-refractivity contribution in [3.63, 3.8) is 0 Å². The van der Waals surface area contributed by atoms with Gasteiger partial charge in [-0.2, -0.15) is 0 Å². The minimum atomic E-state index is -4.04. The number of anilines is 9. The standard InChI is InChI=1S/C36H24Cl2N3P/c37-42(38)34-28-19-10-21-30(34)40(26-15-6-2-7-16-26)32-23-12-24-33(36(32)42)41(27-17-8-3-9-18-27)31-22-11-20-29(35(31)42)39(28)25-13-4-1-5-14-25/h1-24H. The molecule has 0 atom stereocenters. The van der Waals surface area contributed by atoms with Crippen molar-refractivity contribution in [1.82, 2.24) is 0 Å². The molecule has 0 aliphatic carbocycles. The zero-order valence-electron chi connectivity index (χ0n) is 22.4. The second kappa shape index (κ2) is 8.40. The van der Waals surface area contributed by atoms with Crippen LogP contribution in [0.5, 0.6) is 0 Å². The average molecular weight is 600 g/mol. The predicted octanol–water partition coefficient (Wildman–Crippen LogP) is 10.2. The van der Waals surface area contributed by atoms with E-state index in [1.807, 2.05) is 18.2 Å². The number of benzene rings is 6. The molecular weight excluding hydrogens is 576 g/mol. The maximum atomic E-state index is 8.38. The number of rotatable bonds is 3. The van der Waals surface area contributed by atoms with Crippen molar-refractivity contribution in [2.75, 3.05) is 14.7 Å². The van der Waals surface area contributed by atoms with Crippen LogP contribution in [0.3, 0.4) is 0 Å². The Hall–Kier alpha value is -4.27. The molecule has 3 nitrogen and oxygen atoms in total. The quantitative estimate of drug-likeness (QED) is 0.187. The fourth-order valence-corrected chi connectivity index (χ4v) is 14.4. The van der Waals surface area contributed by atoms with Crippen LogP contribution in [0.15, 0.2) is 146 Å². The van der Waals surface area contributed by atoms with Gasteiger partial charge in [-0.15, -0.1) is 0 Å². The Kier molecular flexibility index (Phi) is 4.87. The molecular formula is C36H24Cl2N3P. The van der Waals surface area contributed by atoms with Crippen LogP contribution in [0.2, 0.25) is 0 Å². The topological polar surface area (TPSA) is 9.72 Å². The van der Waals surface area contributed by atoms with E-state index in [0.29, 0.717) is 0 Å². The third kappa shape index (κ3) is 2.91. The zero-order chi connectivity index (χ0) is 28.1. The molecule has 0 aromatic heterocycles. The van der Waals surface area contributed by atoms with Gasteiger partial charge < -0.3 is 0 Å². The molecule has 0 amide bonds. The van der Waals surface area contributed by atoms with Crippen LogP contribution < -0.4 is 30.6 Å². The summed E-state index contributed by atoms with van der Waals surface area (Å²) < 4.78 is 0. The van der Waals surface area contributed by atoms with Gasteiger partial charge in [-0.05, 0) is 0 Å². The number of hydrogen-bond donors (Lipinski definition) is 0. The summed E-state index contributed by atoms with van der Waals surface area (Å²) in [6.45, 7) is 0. The molecule has 202 valence electrons. The van der Waals surface area contributed by atoms with E-state index in [0.717, 1.165) is 67.1 Å². The molecule has 0 spiro atoms. The van der Waals surface area contributed by atoms with Crippen LogP contribution >= 0.6 is 27.8 Å². The van der Waals surface area contributed by atoms with Gasteiger partial charge in [0, 0.05) is 0 Å². The Morgan fingerprint density at radius 2 is 0.548 bits per heavy atom. The predicted molar refractivity (Wildman–Crippen MR) is 182 cm³/mol. The van der Waals surface area contributed by atoms with Gasteiger partial charge in [0.25, 0.3) is 0 Å². The van der Waals surface area contributed by atoms with Gasteiger partial charge >= 0.3 is 255 Å². The van der Waals surface area contributed by atoms with E-state index < -0.39 is 5.31 Å². The van der Waals surface area contributed by atoms with E-state index in [1.165, 1.54) is 0 Å². The SMILES string of the molecule is ClP12(Cl)c3c4cccc3N(c3ccccc3)c3cccc(c31)N(c1ccccc1)c1cccc(c12)N4c1ccccc1. The van der Waals surface area contributed by atoms with Gasteiger partial charge in [0.2, 0.25) is 0 Å². The average Bonchev–Trinajstić information content (AvgIpc) is 3.02. The van der Waals surface area contributed by atoms with Gasteiger partial charge in [0.05, 0.1) is 0 Å². The van der Waals surface area contributed by atoms with Crippen molar-refractivity contribution in [2.24, 2.45) is 0 Å². The summed E-state index contributed by atoms with van der Waals surface area (Å²) in [5.41, 5.74) is 9.28. The number of para-hydroxylation sites is 3. The molecule has 3 aliphatic rings. The Labute approximate surface area is 254 Å². The summed E-state index contributed by atoms with van der Waals surface area (Å²) in [7, 11) is 0. The molecule has 6 aromatic carbocycles. The first-order valence-corrected chi connectivity index (χ1v) is 18.0. The number of nitrogens with zero attached hydrogens (tertiary/aromatic N) is 3. The zero-order valence-corrected chi connectivity index (χ0v) is 24.8. The van der Waals surface area contributed by atoms with Gasteiger partial charge in [0.1, 0.15) is 0 Å².